The topological polar surface area (TPSA) is 114 Å². The summed E-state index contributed by atoms with van der Waals surface area (Å²) in [6.07, 6.45) is 1.52. The van der Waals surface area contributed by atoms with Crippen LogP contribution in [0.3, 0.4) is 0 Å². The molecule has 96 valence electrons. The number of aromatic nitrogens is 3. The molecule has 1 heterocycles. The summed E-state index contributed by atoms with van der Waals surface area (Å²) in [4.78, 5) is 10.2. The van der Waals surface area contributed by atoms with Crippen molar-refractivity contribution < 1.29 is 18.3 Å². The van der Waals surface area contributed by atoms with Gasteiger partial charge in [-0.3, -0.25) is 4.79 Å². The molecular weight excluding hydrogens is 248 g/mol. The first-order valence-corrected chi connectivity index (χ1v) is 6.58. The maximum absolute atomic E-state index is 11.3. The highest BCUT2D eigenvalue weighted by atomic mass is 32.2. The van der Waals surface area contributed by atoms with E-state index in [1.807, 2.05) is 0 Å². The molecule has 0 saturated heterocycles. The highest BCUT2D eigenvalue weighted by Crippen LogP contribution is 1.94. The van der Waals surface area contributed by atoms with Gasteiger partial charge in [0.25, 0.3) is 0 Å². The molecule has 0 aromatic carbocycles. The first-order chi connectivity index (χ1) is 7.91. The number of carbonyl (C=O) groups is 1. The SMILES string of the molecule is Cn1cnnc1CCNS(=O)(=O)CCC(=O)O. The number of rotatable bonds is 7. The van der Waals surface area contributed by atoms with Crippen molar-refractivity contribution >= 4 is 16.0 Å². The maximum Gasteiger partial charge on any atom is 0.304 e. The first kappa shape index (κ1) is 13.6. The third kappa shape index (κ3) is 4.91. The van der Waals surface area contributed by atoms with Crippen molar-refractivity contribution in [2.45, 2.75) is 12.8 Å². The molecule has 9 heteroatoms. The van der Waals surface area contributed by atoms with Gasteiger partial charge in [-0.15, -0.1) is 10.2 Å². The molecule has 0 fully saturated rings. The highest BCUT2D eigenvalue weighted by molar-refractivity contribution is 7.89. The zero-order chi connectivity index (χ0) is 12.9. The van der Waals surface area contributed by atoms with Crippen LogP contribution >= 0.6 is 0 Å². The quantitative estimate of drug-likeness (QED) is 0.634. The van der Waals surface area contributed by atoms with E-state index in [0.29, 0.717) is 12.2 Å². The van der Waals surface area contributed by atoms with Gasteiger partial charge < -0.3 is 9.67 Å². The number of sulfonamides is 1. The monoisotopic (exact) mass is 262 g/mol. The Morgan fingerprint density at radius 1 is 1.59 bits per heavy atom. The smallest absolute Gasteiger partial charge is 0.304 e. The van der Waals surface area contributed by atoms with Gasteiger partial charge in [-0.05, 0) is 0 Å². The molecule has 0 spiro atoms. The van der Waals surface area contributed by atoms with Crippen molar-refractivity contribution in [3.05, 3.63) is 12.2 Å². The van der Waals surface area contributed by atoms with E-state index < -0.39 is 28.2 Å². The molecule has 2 N–H and O–H groups in total. The predicted octanol–water partition coefficient (Wildman–Crippen LogP) is -1.25. The molecule has 0 aliphatic heterocycles. The number of hydrogen-bond acceptors (Lipinski definition) is 5. The van der Waals surface area contributed by atoms with Gasteiger partial charge in [0.2, 0.25) is 10.0 Å². The Morgan fingerprint density at radius 3 is 2.82 bits per heavy atom. The third-order valence-electron chi connectivity index (χ3n) is 2.06. The van der Waals surface area contributed by atoms with Crippen LogP contribution in [0.5, 0.6) is 0 Å². The second-order valence-electron chi connectivity index (χ2n) is 3.47. The lowest BCUT2D eigenvalue weighted by atomic mass is 10.4. The van der Waals surface area contributed by atoms with E-state index in [9.17, 15) is 13.2 Å². The number of carboxylic acids is 1. The minimum atomic E-state index is -3.53. The van der Waals surface area contributed by atoms with Crippen LogP contribution in [0.2, 0.25) is 0 Å². The Kier molecular flexibility index (Phi) is 4.58. The molecule has 0 unspecified atom stereocenters. The van der Waals surface area contributed by atoms with Crippen molar-refractivity contribution in [1.29, 1.82) is 0 Å². The molecule has 0 saturated carbocycles. The van der Waals surface area contributed by atoms with Crippen LogP contribution in [0.25, 0.3) is 0 Å². The van der Waals surface area contributed by atoms with Gasteiger partial charge in [-0.1, -0.05) is 0 Å². The summed E-state index contributed by atoms with van der Waals surface area (Å²) in [5.41, 5.74) is 0. The van der Waals surface area contributed by atoms with Gasteiger partial charge in [-0.25, -0.2) is 13.1 Å². The number of nitrogens with one attached hydrogen (secondary N) is 1. The fourth-order valence-electron chi connectivity index (χ4n) is 1.15. The van der Waals surface area contributed by atoms with E-state index in [4.69, 9.17) is 5.11 Å². The Labute approximate surface area is 98.7 Å². The van der Waals surface area contributed by atoms with Gasteiger partial charge in [0.05, 0.1) is 12.2 Å². The van der Waals surface area contributed by atoms with E-state index >= 15 is 0 Å². The average Bonchev–Trinajstić information content (AvgIpc) is 2.62. The Morgan fingerprint density at radius 2 is 2.29 bits per heavy atom. The molecule has 0 radical (unpaired) electrons. The molecule has 0 bridgehead atoms. The molecule has 0 aliphatic carbocycles. The molecule has 8 nitrogen and oxygen atoms in total. The number of aliphatic carboxylic acids is 1. The lowest BCUT2D eigenvalue weighted by Crippen LogP contribution is -2.29. The van der Waals surface area contributed by atoms with Gasteiger partial charge in [0.15, 0.2) is 0 Å². The van der Waals surface area contributed by atoms with Crippen molar-refractivity contribution in [3.63, 3.8) is 0 Å². The second-order valence-corrected chi connectivity index (χ2v) is 5.39. The zero-order valence-corrected chi connectivity index (χ0v) is 10.1. The van der Waals surface area contributed by atoms with Crippen molar-refractivity contribution in [3.8, 4) is 0 Å². The molecule has 1 rings (SSSR count). The largest absolute Gasteiger partial charge is 0.481 e. The number of aryl methyl sites for hydroxylation is 1. The van der Waals surface area contributed by atoms with Crippen LogP contribution in [-0.4, -0.2) is 46.6 Å². The molecular formula is C8H14N4O4S. The van der Waals surface area contributed by atoms with E-state index in [-0.39, 0.29) is 6.54 Å². The van der Waals surface area contributed by atoms with Crippen LogP contribution in [0.1, 0.15) is 12.2 Å². The Balaban J connectivity index is 2.35. The molecule has 0 aliphatic rings. The van der Waals surface area contributed by atoms with Crippen LogP contribution in [0, 0.1) is 0 Å². The summed E-state index contributed by atoms with van der Waals surface area (Å²) in [5.74, 6) is -0.893. The molecule has 17 heavy (non-hydrogen) atoms. The minimum absolute atomic E-state index is 0.175. The molecule has 0 atom stereocenters. The molecule has 1 aromatic heterocycles. The number of nitrogens with zero attached hydrogens (tertiary/aromatic N) is 3. The van der Waals surface area contributed by atoms with E-state index in [2.05, 4.69) is 14.9 Å². The summed E-state index contributed by atoms with van der Waals surface area (Å²) < 4.78 is 26.7. The maximum atomic E-state index is 11.3. The van der Waals surface area contributed by atoms with Crippen LogP contribution in [0.15, 0.2) is 6.33 Å². The highest BCUT2D eigenvalue weighted by Gasteiger charge is 2.12. The van der Waals surface area contributed by atoms with Crippen molar-refractivity contribution in [2.75, 3.05) is 12.3 Å². The van der Waals surface area contributed by atoms with Gasteiger partial charge in [-0.2, -0.15) is 0 Å². The molecule has 1 aromatic rings. The third-order valence-corrected chi connectivity index (χ3v) is 3.45. The summed E-state index contributed by atoms with van der Waals surface area (Å²) in [6.45, 7) is 0.175. The average molecular weight is 262 g/mol. The minimum Gasteiger partial charge on any atom is -0.481 e. The van der Waals surface area contributed by atoms with Crippen LogP contribution in [0.4, 0.5) is 0 Å². The van der Waals surface area contributed by atoms with E-state index in [0.717, 1.165) is 0 Å². The fraction of sp³-hybridized carbons (Fsp3) is 0.625. The van der Waals surface area contributed by atoms with Crippen LogP contribution in [-0.2, 0) is 28.3 Å². The Hall–Kier alpha value is -1.48. The number of carboxylic acid groups (broad SMARTS) is 1. The second kappa shape index (κ2) is 5.73. The van der Waals surface area contributed by atoms with Crippen molar-refractivity contribution in [1.82, 2.24) is 19.5 Å². The normalized spacial score (nSPS) is 11.6. The lowest BCUT2D eigenvalue weighted by Gasteiger charge is -2.04. The zero-order valence-electron chi connectivity index (χ0n) is 9.33. The fourth-order valence-corrected chi connectivity index (χ4v) is 2.15. The van der Waals surface area contributed by atoms with Gasteiger partial charge in [0, 0.05) is 20.0 Å². The van der Waals surface area contributed by atoms with E-state index in [1.165, 1.54) is 6.33 Å². The summed E-state index contributed by atoms with van der Waals surface area (Å²) in [5, 5.41) is 15.8. The summed E-state index contributed by atoms with van der Waals surface area (Å²) >= 11 is 0. The van der Waals surface area contributed by atoms with Crippen LogP contribution < -0.4 is 4.72 Å². The van der Waals surface area contributed by atoms with Crippen molar-refractivity contribution in [2.24, 2.45) is 7.05 Å². The van der Waals surface area contributed by atoms with Gasteiger partial charge in [0.1, 0.15) is 12.2 Å². The molecule has 0 amide bonds. The van der Waals surface area contributed by atoms with Gasteiger partial charge >= 0.3 is 5.97 Å². The summed E-state index contributed by atoms with van der Waals surface area (Å²) in [7, 11) is -1.77. The number of hydrogen-bond donors (Lipinski definition) is 2. The Bertz CT molecular complexity index is 481. The first-order valence-electron chi connectivity index (χ1n) is 4.93. The standard InChI is InChI=1S/C8H14N4O4S/c1-12-6-9-11-7(12)2-4-10-17(15,16)5-3-8(13)14/h6,10H,2-5H2,1H3,(H,13,14). The predicted molar refractivity (Wildman–Crippen MR) is 58.7 cm³/mol. The summed E-state index contributed by atoms with van der Waals surface area (Å²) in [6, 6.07) is 0. The lowest BCUT2D eigenvalue weighted by molar-refractivity contribution is -0.136. The van der Waals surface area contributed by atoms with E-state index in [1.54, 1.807) is 11.6 Å².